The molecular weight excluding hydrogens is 544 g/mol. The highest BCUT2D eigenvalue weighted by Gasteiger charge is 2.39. The number of fused-ring (bicyclic) bond motifs is 3. The van der Waals surface area contributed by atoms with Crippen molar-refractivity contribution in [3.63, 3.8) is 0 Å². The molecule has 10 heteroatoms. The first-order chi connectivity index (χ1) is 21.0. The van der Waals surface area contributed by atoms with Gasteiger partial charge in [-0.15, -0.1) is 10.2 Å². The number of aromatic nitrogens is 2. The molecule has 0 aliphatic carbocycles. The molecule has 212 valence electrons. The molecule has 0 fully saturated rings. The first-order valence-corrected chi connectivity index (χ1v) is 13.9. The lowest BCUT2D eigenvalue weighted by atomic mass is 9.92. The van der Waals surface area contributed by atoms with Crippen LogP contribution in [0.1, 0.15) is 48.2 Å². The second kappa shape index (κ2) is 10.7. The van der Waals surface area contributed by atoms with Gasteiger partial charge in [0.15, 0.2) is 5.69 Å². The first kappa shape index (κ1) is 26.4. The minimum Gasteiger partial charge on any atom is -0.493 e. The molecule has 5 aromatic rings. The van der Waals surface area contributed by atoms with Gasteiger partial charge < -0.3 is 5.11 Å². The Bertz CT molecular complexity index is 1900. The van der Waals surface area contributed by atoms with Crippen molar-refractivity contribution >= 4 is 34.3 Å². The third-order valence-corrected chi connectivity index (χ3v) is 8.15. The predicted octanol–water partition coefficient (Wildman–Crippen LogP) is 5.52. The lowest BCUT2D eigenvalue weighted by Gasteiger charge is -2.39. The van der Waals surface area contributed by atoms with Gasteiger partial charge in [0.05, 0.1) is 34.9 Å². The first-order valence-electron chi connectivity index (χ1n) is 13.9. The van der Waals surface area contributed by atoms with Crippen molar-refractivity contribution in [3.8, 4) is 5.88 Å². The normalized spacial score (nSPS) is 16.7. The monoisotopic (exact) mass is 570 g/mol. The highest BCUT2D eigenvalue weighted by Crippen LogP contribution is 2.41. The van der Waals surface area contributed by atoms with Crippen molar-refractivity contribution in [2.75, 3.05) is 13.1 Å². The molecule has 0 unspecified atom stereocenters. The highest BCUT2D eigenvalue weighted by molar-refractivity contribution is 6.21. The van der Waals surface area contributed by atoms with Crippen molar-refractivity contribution in [1.82, 2.24) is 19.4 Å². The van der Waals surface area contributed by atoms with Crippen LogP contribution in [0.4, 0.5) is 5.69 Å². The molecule has 0 saturated carbocycles. The van der Waals surface area contributed by atoms with Gasteiger partial charge in [0.2, 0.25) is 5.88 Å². The lowest BCUT2D eigenvalue weighted by Crippen LogP contribution is -2.44. The van der Waals surface area contributed by atoms with Crippen LogP contribution in [0.5, 0.6) is 5.88 Å². The summed E-state index contributed by atoms with van der Waals surface area (Å²) < 4.78 is 1.72. The average Bonchev–Trinajstić information content (AvgIpc) is 3.45. The summed E-state index contributed by atoms with van der Waals surface area (Å²) in [5, 5.41) is 20.1. The Labute approximate surface area is 246 Å². The quantitative estimate of drug-likeness (QED) is 0.212. The smallest absolute Gasteiger partial charge is 0.296 e. The van der Waals surface area contributed by atoms with Crippen LogP contribution in [-0.2, 0) is 13.1 Å². The summed E-state index contributed by atoms with van der Waals surface area (Å²) in [4.78, 5) is 46.6. The molecule has 3 aromatic carbocycles. The third-order valence-electron chi connectivity index (χ3n) is 8.15. The summed E-state index contributed by atoms with van der Waals surface area (Å²) in [7, 11) is 0. The third kappa shape index (κ3) is 4.58. The van der Waals surface area contributed by atoms with Crippen molar-refractivity contribution in [1.29, 1.82) is 0 Å². The van der Waals surface area contributed by atoms with Gasteiger partial charge in [-0.05, 0) is 47.9 Å². The average molecular weight is 571 g/mol. The van der Waals surface area contributed by atoms with Gasteiger partial charge in [0.1, 0.15) is 0 Å². The maximum Gasteiger partial charge on any atom is 0.296 e. The molecule has 0 bridgehead atoms. The zero-order chi connectivity index (χ0) is 29.5. The number of carbonyl (C=O) groups excluding carboxylic acids is 3. The summed E-state index contributed by atoms with van der Waals surface area (Å²) in [5.41, 5.74) is 4.19. The fraction of sp³-hybridized carbons (Fsp3) is 0.152. The van der Waals surface area contributed by atoms with E-state index < -0.39 is 5.91 Å². The van der Waals surface area contributed by atoms with E-state index >= 15 is 0 Å². The van der Waals surface area contributed by atoms with Crippen LogP contribution in [0, 0.1) is 0 Å². The van der Waals surface area contributed by atoms with E-state index in [9.17, 15) is 19.5 Å². The molecule has 7 rings (SSSR count). The number of imide groups is 1. The number of para-hydroxylation sites is 1. The summed E-state index contributed by atoms with van der Waals surface area (Å²) in [6.45, 7) is 1.04. The lowest BCUT2D eigenvalue weighted by molar-refractivity contribution is 0.0543. The Balaban J connectivity index is 1.24. The maximum absolute atomic E-state index is 13.3. The maximum atomic E-state index is 13.3. The van der Waals surface area contributed by atoms with E-state index in [1.807, 2.05) is 42.5 Å². The molecule has 1 atom stereocenters. The van der Waals surface area contributed by atoms with Crippen LogP contribution < -0.4 is 0 Å². The molecule has 43 heavy (non-hydrogen) atoms. The summed E-state index contributed by atoms with van der Waals surface area (Å²) >= 11 is 0. The number of hydrogen-bond donors (Lipinski definition) is 1. The van der Waals surface area contributed by atoms with Crippen molar-refractivity contribution in [2.24, 2.45) is 10.2 Å². The molecule has 2 aliphatic rings. The highest BCUT2D eigenvalue weighted by atomic mass is 16.3. The molecule has 3 amide bonds. The Morgan fingerprint density at radius 3 is 2.40 bits per heavy atom. The predicted molar refractivity (Wildman–Crippen MR) is 158 cm³/mol. The molecule has 2 aliphatic heterocycles. The van der Waals surface area contributed by atoms with Crippen LogP contribution in [0.25, 0.3) is 10.9 Å². The van der Waals surface area contributed by atoms with Crippen LogP contribution in [-0.4, -0.2) is 55.3 Å². The standard InChI is InChI=1S/C33H26N6O4/c40-30(22-9-7-16-34-18-22)36-35-29-26-13-5-6-14-27(26)39(33(29)43)20-37-17-15-21-8-1-2-10-23(21)28(37)19-38-31(41)24-11-3-4-12-25(24)32(38)42/h1-14,16,18,28,43H,15,17,19-20H2/t28-/m1/s1. The van der Waals surface area contributed by atoms with Crippen LogP contribution >= 0.6 is 0 Å². The zero-order valence-corrected chi connectivity index (χ0v) is 23.0. The van der Waals surface area contributed by atoms with E-state index in [1.165, 1.54) is 11.1 Å². The zero-order valence-electron chi connectivity index (χ0n) is 23.0. The Morgan fingerprint density at radius 2 is 1.63 bits per heavy atom. The number of aromatic hydroxyl groups is 1. The number of carbonyl (C=O) groups is 3. The summed E-state index contributed by atoms with van der Waals surface area (Å²) in [6.07, 6.45) is 3.74. The van der Waals surface area contributed by atoms with Crippen molar-refractivity contribution in [2.45, 2.75) is 19.1 Å². The van der Waals surface area contributed by atoms with E-state index in [2.05, 4.69) is 26.2 Å². The molecule has 2 aromatic heterocycles. The number of benzene rings is 3. The van der Waals surface area contributed by atoms with Gasteiger partial charge in [-0.2, -0.15) is 0 Å². The minimum atomic E-state index is -0.571. The molecule has 1 N–H and O–H groups in total. The van der Waals surface area contributed by atoms with Gasteiger partial charge in [-0.1, -0.05) is 54.6 Å². The van der Waals surface area contributed by atoms with E-state index in [0.29, 0.717) is 28.6 Å². The van der Waals surface area contributed by atoms with Gasteiger partial charge >= 0.3 is 0 Å². The SMILES string of the molecule is O=C(N=Nc1c(O)n(CN2CCc3ccccc3[C@H]2CN2C(=O)c3ccccc3C2=O)c2ccccc12)c1cccnc1. The number of rotatable bonds is 6. The van der Waals surface area contributed by atoms with E-state index in [1.54, 1.807) is 47.2 Å². The molecule has 0 spiro atoms. The van der Waals surface area contributed by atoms with Gasteiger partial charge in [-0.25, -0.2) is 0 Å². The van der Waals surface area contributed by atoms with Crippen molar-refractivity contribution < 1.29 is 19.5 Å². The van der Waals surface area contributed by atoms with Crippen molar-refractivity contribution in [3.05, 3.63) is 125 Å². The topological polar surface area (TPSA) is 120 Å². The largest absolute Gasteiger partial charge is 0.493 e. The van der Waals surface area contributed by atoms with E-state index in [-0.39, 0.29) is 48.2 Å². The van der Waals surface area contributed by atoms with Gasteiger partial charge in [-0.3, -0.25) is 33.7 Å². The second-order valence-electron chi connectivity index (χ2n) is 10.5. The van der Waals surface area contributed by atoms with E-state index in [4.69, 9.17) is 0 Å². The Kier molecular flexibility index (Phi) is 6.59. The van der Waals surface area contributed by atoms with Crippen LogP contribution in [0.2, 0.25) is 0 Å². The molecule has 0 radical (unpaired) electrons. The van der Waals surface area contributed by atoms with Crippen LogP contribution in [0.3, 0.4) is 0 Å². The number of pyridine rings is 1. The van der Waals surface area contributed by atoms with Gasteiger partial charge in [0, 0.05) is 30.9 Å². The number of hydrogen-bond acceptors (Lipinski definition) is 7. The fourth-order valence-corrected chi connectivity index (χ4v) is 6.00. The summed E-state index contributed by atoms with van der Waals surface area (Å²) in [6, 6.07) is 25.2. The number of amides is 3. The summed E-state index contributed by atoms with van der Waals surface area (Å²) in [5.74, 6) is -1.32. The Morgan fingerprint density at radius 1 is 0.907 bits per heavy atom. The molecule has 4 heterocycles. The molecule has 10 nitrogen and oxygen atoms in total. The van der Waals surface area contributed by atoms with Gasteiger partial charge in [0.25, 0.3) is 17.7 Å². The minimum absolute atomic E-state index is 0.137. The fourth-order valence-electron chi connectivity index (χ4n) is 6.00. The number of nitrogens with zero attached hydrogens (tertiary/aromatic N) is 6. The van der Waals surface area contributed by atoms with Crippen LogP contribution in [0.15, 0.2) is 108 Å². The van der Waals surface area contributed by atoms with E-state index in [0.717, 1.165) is 17.5 Å². The number of azo groups is 1. The Hall–Kier alpha value is -5.48. The molecular formula is C33H26N6O4. The second-order valence-corrected chi connectivity index (χ2v) is 10.5. The molecule has 0 saturated heterocycles.